The number of nitrogens with one attached hydrogen (secondary N) is 1. The Morgan fingerprint density at radius 1 is 1.56 bits per heavy atom. The maximum absolute atomic E-state index is 11.5. The van der Waals surface area contributed by atoms with Gasteiger partial charge in [0.25, 0.3) is 0 Å². The van der Waals surface area contributed by atoms with Crippen LogP contribution in [0.15, 0.2) is 22.7 Å². The third kappa shape index (κ3) is 4.20. The van der Waals surface area contributed by atoms with E-state index in [9.17, 15) is 4.79 Å². The predicted molar refractivity (Wildman–Crippen MR) is 68.3 cm³/mol. The SMILES string of the molecule is COCCCC(=O)Nc1ccc(Br)cc1N. The summed E-state index contributed by atoms with van der Waals surface area (Å²) in [5.74, 6) is -0.0499. The van der Waals surface area contributed by atoms with Gasteiger partial charge in [-0.1, -0.05) is 15.9 Å². The zero-order chi connectivity index (χ0) is 12.0. The van der Waals surface area contributed by atoms with E-state index in [1.165, 1.54) is 0 Å². The molecule has 0 aromatic heterocycles. The minimum atomic E-state index is -0.0499. The molecular weight excluding hydrogens is 272 g/mol. The van der Waals surface area contributed by atoms with Crippen LogP contribution in [-0.2, 0) is 9.53 Å². The summed E-state index contributed by atoms with van der Waals surface area (Å²) in [5.41, 5.74) is 6.95. The molecule has 0 heterocycles. The van der Waals surface area contributed by atoms with Gasteiger partial charge in [-0.2, -0.15) is 0 Å². The number of nitrogen functional groups attached to an aromatic ring is 1. The number of rotatable bonds is 5. The summed E-state index contributed by atoms with van der Waals surface area (Å²) in [6, 6.07) is 5.36. The van der Waals surface area contributed by atoms with Crippen LogP contribution in [0.5, 0.6) is 0 Å². The lowest BCUT2D eigenvalue weighted by molar-refractivity contribution is -0.116. The lowest BCUT2D eigenvalue weighted by Gasteiger charge is -2.08. The van der Waals surface area contributed by atoms with Crippen LogP contribution in [0.25, 0.3) is 0 Å². The third-order valence-corrected chi connectivity index (χ3v) is 2.53. The Balaban J connectivity index is 2.49. The number of carbonyl (C=O) groups excluding carboxylic acids is 1. The maximum Gasteiger partial charge on any atom is 0.224 e. The highest BCUT2D eigenvalue weighted by atomic mass is 79.9. The lowest BCUT2D eigenvalue weighted by Crippen LogP contribution is -2.13. The van der Waals surface area contributed by atoms with Crippen molar-refractivity contribution >= 4 is 33.2 Å². The molecule has 1 aromatic rings. The first-order valence-electron chi connectivity index (χ1n) is 4.97. The van der Waals surface area contributed by atoms with Gasteiger partial charge in [0.15, 0.2) is 0 Å². The second-order valence-electron chi connectivity index (χ2n) is 3.38. The summed E-state index contributed by atoms with van der Waals surface area (Å²) in [6.07, 6.45) is 1.14. The van der Waals surface area contributed by atoms with Gasteiger partial charge in [0, 0.05) is 24.6 Å². The monoisotopic (exact) mass is 286 g/mol. The number of halogens is 1. The highest BCUT2D eigenvalue weighted by molar-refractivity contribution is 9.10. The molecule has 88 valence electrons. The van der Waals surface area contributed by atoms with Crippen LogP contribution in [0.1, 0.15) is 12.8 Å². The predicted octanol–water partition coefficient (Wildman–Crippen LogP) is 2.40. The van der Waals surface area contributed by atoms with Crippen LogP contribution in [0, 0.1) is 0 Å². The van der Waals surface area contributed by atoms with Crippen molar-refractivity contribution in [2.24, 2.45) is 0 Å². The molecule has 1 rings (SSSR count). The molecule has 4 nitrogen and oxygen atoms in total. The molecule has 0 fully saturated rings. The number of ether oxygens (including phenoxy) is 1. The summed E-state index contributed by atoms with van der Waals surface area (Å²) in [5, 5.41) is 2.76. The average molecular weight is 287 g/mol. The summed E-state index contributed by atoms with van der Waals surface area (Å²) in [4.78, 5) is 11.5. The van der Waals surface area contributed by atoms with Crippen molar-refractivity contribution in [1.82, 2.24) is 0 Å². The van der Waals surface area contributed by atoms with Crippen LogP contribution in [0.4, 0.5) is 11.4 Å². The fourth-order valence-electron chi connectivity index (χ4n) is 1.24. The second kappa shape index (κ2) is 6.50. The van der Waals surface area contributed by atoms with E-state index in [1.807, 2.05) is 6.07 Å². The Hall–Kier alpha value is -1.07. The first-order chi connectivity index (χ1) is 7.63. The lowest BCUT2D eigenvalue weighted by atomic mass is 10.2. The zero-order valence-electron chi connectivity index (χ0n) is 9.13. The van der Waals surface area contributed by atoms with Crippen molar-refractivity contribution in [2.75, 3.05) is 24.8 Å². The van der Waals surface area contributed by atoms with E-state index in [1.54, 1.807) is 19.2 Å². The molecule has 0 atom stereocenters. The van der Waals surface area contributed by atoms with E-state index in [0.717, 1.165) is 4.47 Å². The van der Waals surface area contributed by atoms with Crippen molar-refractivity contribution in [1.29, 1.82) is 0 Å². The van der Waals surface area contributed by atoms with Gasteiger partial charge in [-0.25, -0.2) is 0 Å². The van der Waals surface area contributed by atoms with E-state index in [2.05, 4.69) is 21.2 Å². The Kier molecular flexibility index (Phi) is 5.28. The quantitative estimate of drug-likeness (QED) is 0.645. The number of hydrogen-bond acceptors (Lipinski definition) is 3. The molecule has 0 saturated heterocycles. The highest BCUT2D eigenvalue weighted by Gasteiger charge is 2.05. The third-order valence-electron chi connectivity index (χ3n) is 2.04. The molecule has 0 aliphatic heterocycles. The summed E-state index contributed by atoms with van der Waals surface area (Å²) >= 11 is 3.30. The smallest absolute Gasteiger partial charge is 0.224 e. The number of methoxy groups -OCH3 is 1. The van der Waals surface area contributed by atoms with Crippen molar-refractivity contribution < 1.29 is 9.53 Å². The van der Waals surface area contributed by atoms with Gasteiger partial charge in [0.1, 0.15) is 0 Å². The largest absolute Gasteiger partial charge is 0.397 e. The van der Waals surface area contributed by atoms with E-state index in [4.69, 9.17) is 10.5 Å². The Morgan fingerprint density at radius 2 is 2.31 bits per heavy atom. The van der Waals surface area contributed by atoms with Crippen LogP contribution in [0.2, 0.25) is 0 Å². The van der Waals surface area contributed by atoms with Gasteiger partial charge in [-0.15, -0.1) is 0 Å². The average Bonchev–Trinajstić information content (AvgIpc) is 2.23. The normalized spacial score (nSPS) is 10.1. The number of nitrogens with two attached hydrogens (primary N) is 1. The molecule has 1 amide bonds. The minimum Gasteiger partial charge on any atom is -0.397 e. The van der Waals surface area contributed by atoms with E-state index >= 15 is 0 Å². The molecule has 0 aliphatic rings. The number of anilines is 2. The molecule has 0 bridgehead atoms. The van der Waals surface area contributed by atoms with E-state index in [0.29, 0.717) is 30.8 Å². The van der Waals surface area contributed by atoms with Crippen molar-refractivity contribution in [3.8, 4) is 0 Å². The Bertz CT molecular complexity index is 369. The van der Waals surface area contributed by atoms with E-state index in [-0.39, 0.29) is 5.91 Å². The first kappa shape index (κ1) is 13.0. The molecule has 0 saturated carbocycles. The molecule has 1 aromatic carbocycles. The summed E-state index contributed by atoms with van der Waals surface area (Å²) in [7, 11) is 1.62. The van der Waals surface area contributed by atoms with Gasteiger partial charge in [0.2, 0.25) is 5.91 Å². The molecule has 3 N–H and O–H groups in total. The molecular formula is C11H15BrN2O2. The summed E-state index contributed by atoms with van der Waals surface area (Å²) in [6.45, 7) is 0.587. The number of hydrogen-bond donors (Lipinski definition) is 2. The van der Waals surface area contributed by atoms with Crippen LogP contribution in [0.3, 0.4) is 0 Å². The van der Waals surface area contributed by atoms with Crippen molar-refractivity contribution in [2.45, 2.75) is 12.8 Å². The Labute approximate surface area is 103 Å². The fraction of sp³-hybridized carbons (Fsp3) is 0.364. The second-order valence-corrected chi connectivity index (χ2v) is 4.29. The zero-order valence-corrected chi connectivity index (χ0v) is 10.7. The van der Waals surface area contributed by atoms with Crippen molar-refractivity contribution in [3.63, 3.8) is 0 Å². The topological polar surface area (TPSA) is 64.3 Å². The van der Waals surface area contributed by atoms with E-state index < -0.39 is 0 Å². The molecule has 0 radical (unpaired) electrons. The minimum absolute atomic E-state index is 0.0499. The van der Waals surface area contributed by atoms with Gasteiger partial charge in [0.05, 0.1) is 11.4 Å². The summed E-state index contributed by atoms with van der Waals surface area (Å²) < 4.78 is 5.76. The Morgan fingerprint density at radius 3 is 2.94 bits per heavy atom. The fourth-order valence-corrected chi connectivity index (χ4v) is 1.62. The number of carbonyl (C=O) groups is 1. The van der Waals surface area contributed by atoms with Crippen molar-refractivity contribution in [3.05, 3.63) is 22.7 Å². The van der Waals surface area contributed by atoms with Gasteiger partial charge in [-0.05, 0) is 24.6 Å². The molecule has 0 aliphatic carbocycles. The van der Waals surface area contributed by atoms with Gasteiger partial charge < -0.3 is 15.8 Å². The van der Waals surface area contributed by atoms with Crippen LogP contribution < -0.4 is 11.1 Å². The molecule has 5 heteroatoms. The van der Waals surface area contributed by atoms with Crippen LogP contribution in [-0.4, -0.2) is 19.6 Å². The van der Waals surface area contributed by atoms with Gasteiger partial charge in [-0.3, -0.25) is 4.79 Å². The molecule has 16 heavy (non-hydrogen) atoms. The first-order valence-corrected chi connectivity index (χ1v) is 5.76. The molecule has 0 spiro atoms. The molecule has 0 unspecified atom stereocenters. The number of amides is 1. The standard InChI is InChI=1S/C11H15BrN2O2/c1-16-6-2-3-11(15)14-10-5-4-8(12)7-9(10)13/h4-5,7H,2-3,6,13H2,1H3,(H,14,15). The maximum atomic E-state index is 11.5. The number of benzene rings is 1. The van der Waals surface area contributed by atoms with Crippen LogP contribution >= 0.6 is 15.9 Å². The highest BCUT2D eigenvalue weighted by Crippen LogP contribution is 2.23. The van der Waals surface area contributed by atoms with Gasteiger partial charge >= 0.3 is 0 Å².